The Morgan fingerprint density at radius 1 is 1.22 bits per heavy atom. The molecule has 23 heavy (non-hydrogen) atoms. The number of hydrogen-bond donors (Lipinski definition) is 0. The van der Waals surface area contributed by atoms with E-state index < -0.39 is 0 Å². The first-order valence-electron chi connectivity index (χ1n) is 8.93. The maximum absolute atomic E-state index is 6.30. The number of rotatable bonds is 6. The first-order valence-corrected chi connectivity index (χ1v) is 8.93. The van der Waals surface area contributed by atoms with Crippen molar-refractivity contribution in [2.24, 2.45) is 5.92 Å². The van der Waals surface area contributed by atoms with Gasteiger partial charge >= 0.3 is 0 Å². The quantitative estimate of drug-likeness (QED) is 0.807. The van der Waals surface area contributed by atoms with Crippen molar-refractivity contribution in [3.8, 4) is 5.75 Å². The van der Waals surface area contributed by atoms with Gasteiger partial charge in [-0.25, -0.2) is 0 Å². The molecule has 126 valence electrons. The third-order valence-corrected chi connectivity index (χ3v) is 5.41. The van der Waals surface area contributed by atoms with Gasteiger partial charge in [0, 0.05) is 25.7 Å². The van der Waals surface area contributed by atoms with Crippen LogP contribution < -0.4 is 4.74 Å². The number of nitrogens with zero attached hydrogens (tertiary/aromatic N) is 1. The lowest BCUT2D eigenvalue weighted by atomic mass is 10.1. The highest BCUT2D eigenvalue weighted by atomic mass is 16.5. The molecule has 0 aromatic heterocycles. The van der Waals surface area contributed by atoms with Gasteiger partial charge < -0.3 is 14.2 Å². The van der Waals surface area contributed by atoms with E-state index in [9.17, 15) is 0 Å². The van der Waals surface area contributed by atoms with E-state index in [1.807, 2.05) is 6.07 Å². The van der Waals surface area contributed by atoms with Crippen LogP contribution >= 0.6 is 0 Å². The van der Waals surface area contributed by atoms with Crippen molar-refractivity contribution in [2.45, 2.75) is 50.5 Å². The molecule has 3 fully saturated rings. The summed E-state index contributed by atoms with van der Waals surface area (Å²) in [6.07, 6.45) is 5.56. The molecule has 2 saturated carbocycles. The van der Waals surface area contributed by atoms with Crippen molar-refractivity contribution in [3.05, 3.63) is 29.8 Å². The van der Waals surface area contributed by atoms with Gasteiger partial charge in [-0.05, 0) is 49.3 Å². The lowest BCUT2D eigenvalue weighted by Gasteiger charge is -2.31. The predicted octanol–water partition coefficient (Wildman–Crippen LogP) is 2.85. The topological polar surface area (TPSA) is 30.9 Å². The molecular weight excluding hydrogens is 290 g/mol. The molecule has 2 aliphatic carbocycles. The average Bonchev–Trinajstić information content (AvgIpc) is 3.32. The van der Waals surface area contributed by atoms with Gasteiger partial charge in [-0.3, -0.25) is 4.90 Å². The van der Waals surface area contributed by atoms with E-state index >= 15 is 0 Å². The summed E-state index contributed by atoms with van der Waals surface area (Å²) in [6, 6.07) is 8.88. The number of ether oxygens (including phenoxy) is 3. The zero-order chi connectivity index (χ0) is 15.6. The van der Waals surface area contributed by atoms with Crippen LogP contribution in [0.15, 0.2) is 24.3 Å². The molecule has 4 rings (SSSR count). The van der Waals surface area contributed by atoms with Gasteiger partial charge in [-0.2, -0.15) is 0 Å². The normalized spacial score (nSPS) is 31.1. The summed E-state index contributed by atoms with van der Waals surface area (Å²) >= 11 is 0. The Balaban J connectivity index is 1.45. The summed E-state index contributed by atoms with van der Waals surface area (Å²) in [5.74, 6) is 1.74. The third kappa shape index (κ3) is 3.54. The zero-order valence-electron chi connectivity index (χ0n) is 13.9. The molecule has 1 saturated heterocycles. The number of methoxy groups -OCH3 is 1. The highest BCUT2D eigenvalue weighted by molar-refractivity contribution is 5.28. The Morgan fingerprint density at radius 2 is 2.13 bits per heavy atom. The van der Waals surface area contributed by atoms with Gasteiger partial charge in [-0.15, -0.1) is 0 Å². The minimum atomic E-state index is 0.253. The van der Waals surface area contributed by atoms with Crippen LogP contribution in [0.3, 0.4) is 0 Å². The third-order valence-electron chi connectivity index (χ3n) is 5.41. The Bertz CT molecular complexity index is 531. The van der Waals surface area contributed by atoms with Crippen LogP contribution in [-0.4, -0.2) is 50.0 Å². The van der Waals surface area contributed by atoms with E-state index in [0.717, 1.165) is 44.4 Å². The molecule has 1 aromatic carbocycles. The molecule has 4 heteroatoms. The van der Waals surface area contributed by atoms with Gasteiger partial charge in [0.05, 0.1) is 25.9 Å². The second-order valence-electron chi connectivity index (χ2n) is 7.12. The molecule has 1 heterocycles. The lowest BCUT2D eigenvalue weighted by molar-refractivity contribution is -0.0572. The van der Waals surface area contributed by atoms with Crippen LogP contribution in [0.25, 0.3) is 0 Å². The van der Waals surface area contributed by atoms with Crippen LogP contribution in [0.4, 0.5) is 0 Å². The summed E-state index contributed by atoms with van der Waals surface area (Å²) in [5.41, 5.74) is 1.30. The first-order chi connectivity index (χ1) is 11.3. The summed E-state index contributed by atoms with van der Waals surface area (Å²) in [5, 5.41) is 0. The van der Waals surface area contributed by atoms with Crippen LogP contribution in [0.2, 0.25) is 0 Å². The second kappa shape index (κ2) is 6.80. The van der Waals surface area contributed by atoms with Gasteiger partial charge in [0.15, 0.2) is 0 Å². The number of fused-ring (bicyclic) bond motifs is 2. The highest BCUT2D eigenvalue weighted by Gasteiger charge is 2.43. The molecule has 3 atom stereocenters. The lowest BCUT2D eigenvalue weighted by Crippen LogP contribution is -2.43. The van der Waals surface area contributed by atoms with E-state index in [2.05, 4.69) is 23.1 Å². The Morgan fingerprint density at radius 3 is 2.96 bits per heavy atom. The van der Waals surface area contributed by atoms with Gasteiger partial charge in [0.25, 0.3) is 0 Å². The molecule has 1 aromatic rings. The van der Waals surface area contributed by atoms with E-state index in [0.29, 0.717) is 12.1 Å². The molecule has 0 amide bonds. The van der Waals surface area contributed by atoms with Crippen LogP contribution in [0, 0.1) is 5.92 Å². The fraction of sp³-hybridized carbons (Fsp3) is 0.684. The summed E-state index contributed by atoms with van der Waals surface area (Å²) in [7, 11) is 1.72. The molecule has 0 unspecified atom stereocenters. The predicted molar refractivity (Wildman–Crippen MR) is 88.6 cm³/mol. The van der Waals surface area contributed by atoms with Crippen LogP contribution in [-0.2, 0) is 16.0 Å². The minimum absolute atomic E-state index is 0.253. The van der Waals surface area contributed by atoms with Crippen LogP contribution in [0.5, 0.6) is 5.75 Å². The van der Waals surface area contributed by atoms with Crippen molar-refractivity contribution in [1.82, 2.24) is 4.90 Å². The van der Waals surface area contributed by atoms with E-state index in [4.69, 9.17) is 14.2 Å². The summed E-state index contributed by atoms with van der Waals surface area (Å²) in [6.45, 7) is 3.67. The van der Waals surface area contributed by atoms with Crippen molar-refractivity contribution in [1.29, 1.82) is 0 Å². The molecule has 0 radical (unpaired) electrons. The molecule has 1 aliphatic heterocycles. The minimum Gasteiger partial charge on any atom is -0.497 e. The molecule has 3 aliphatic rings. The monoisotopic (exact) mass is 317 g/mol. The van der Waals surface area contributed by atoms with Crippen molar-refractivity contribution >= 4 is 0 Å². The Kier molecular flexibility index (Phi) is 4.56. The summed E-state index contributed by atoms with van der Waals surface area (Å²) < 4.78 is 17.7. The van der Waals surface area contributed by atoms with Crippen molar-refractivity contribution in [2.75, 3.05) is 26.9 Å². The first kappa shape index (κ1) is 15.4. The SMILES string of the molecule is COc1cccc(CN2CCO[C@H]3CC[C@H]2[C@@H]3OCC2CC2)c1. The van der Waals surface area contributed by atoms with Crippen LogP contribution in [0.1, 0.15) is 31.2 Å². The van der Waals surface area contributed by atoms with E-state index in [-0.39, 0.29) is 6.10 Å². The Labute approximate surface area is 138 Å². The standard InChI is InChI=1S/C19H27NO3/c1-21-16-4-2-3-15(11-16)12-20-9-10-22-18-8-7-17(20)19(18)23-13-14-5-6-14/h2-4,11,14,17-19H,5-10,12-13H2,1H3/t17-,18-,19-/m0/s1. The van der Waals surface area contributed by atoms with Crippen molar-refractivity contribution < 1.29 is 14.2 Å². The maximum atomic E-state index is 6.30. The van der Waals surface area contributed by atoms with E-state index in [1.54, 1.807) is 7.11 Å². The van der Waals surface area contributed by atoms with Gasteiger partial charge in [0.1, 0.15) is 5.75 Å². The summed E-state index contributed by atoms with van der Waals surface area (Å²) in [4.78, 5) is 2.55. The Hall–Kier alpha value is -1.10. The fourth-order valence-electron chi connectivity index (χ4n) is 3.92. The van der Waals surface area contributed by atoms with Gasteiger partial charge in [-0.1, -0.05) is 12.1 Å². The molecule has 4 nitrogen and oxygen atoms in total. The average molecular weight is 317 g/mol. The maximum Gasteiger partial charge on any atom is 0.119 e. The smallest absolute Gasteiger partial charge is 0.119 e. The highest BCUT2D eigenvalue weighted by Crippen LogP contribution is 2.36. The second-order valence-corrected chi connectivity index (χ2v) is 7.12. The molecule has 0 N–H and O–H groups in total. The largest absolute Gasteiger partial charge is 0.497 e. The molecule has 0 spiro atoms. The van der Waals surface area contributed by atoms with E-state index in [1.165, 1.54) is 24.8 Å². The zero-order valence-corrected chi connectivity index (χ0v) is 13.9. The number of benzene rings is 1. The molecular formula is C19H27NO3. The van der Waals surface area contributed by atoms with Crippen molar-refractivity contribution in [3.63, 3.8) is 0 Å². The number of hydrogen-bond acceptors (Lipinski definition) is 4. The molecule has 2 bridgehead atoms. The fourth-order valence-corrected chi connectivity index (χ4v) is 3.92. The van der Waals surface area contributed by atoms with Gasteiger partial charge in [0.2, 0.25) is 0 Å².